The summed E-state index contributed by atoms with van der Waals surface area (Å²) >= 11 is 0. The van der Waals surface area contributed by atoms with E-state index in [-0.39, 0.29) is 5.41 Å². The Bertz CT molecular complexity index is 720. The van der Waals surface area contributed by atoms with Crippen LogP contribution in [0.3, 0.4) is 0 Å². The van der Waals surface area contributed by atoms with Crippen LogP contribution >= 0.6 is 0 Å². The molecule has 0 aliphatic carbocycles. The van der Waals surface area contributed by atoms with Crippen LogP contribution in [0, 0.1) is 5.41 Å². The van der Waals surface area contributed by atoms with Gasteiger partial charge in [-0.2, -0.15) is 0 Å². The average Bonchev–Trinajstić information content (AvgIpc) is 2.53. The van der Waals surface area contributed by atoms with E-state index in [1.165, 1.54) is 11.0 Å². The molecule has 0 unspecified atom stereocenters. The van der Waals surface area contributed by atoms with E-state index in [0.29, 0.717) is 0 Å². The van der Waals surface area contributed by atoms with Gasteiger partial charge in [-0.1, -0.05) is 61.0 Å². The molecule has 1 heteroatoms. The van der Waals surface area contributed by atoms with E-state index < -0.39 is 5.60 Å². The summed E-state index contributed by atoms with van der Waals surface area (Å²) in [5.74, 6) is 0. The molecule has 2 rings (SSSR count). The van der Waals surface area contributed by atoms with Gasteiger partial charge in [-0.15, -0.1) is 6.58 Å². The lowest BCUT2D eigenvalue weighted by atomic mass is 9.68. The van der Waals surface area contributed by atoms with Gasteiger partial charge in [-0.3, -0.25) is 0 Å². The number of rotatable bonds is 6. The molecule has 23 heavy (non-hydrogen) atoms. The van der Waals surface area contributed by atoms with Crippen LogP contribution < -0.4 is 0 Å². The molecule has 2 aromatic rings. The smallest absolute Gasteiger partial charge is 0.0956 e. The maximum absolute atomic E-state index is 11.3. The zero-order chi connectivity index (χ0) is 17.1. The van der Waals surface area contributed by atoms with Crippen LogP contribution in [-0.2, 0) is 5.60 Å². The molecule has 0 heterocycles. The maximum Gasteiger partial charge on any atom is 0.0956 e. The van der Waals surface area contributed by atoms with Gasteiger partial charge < -0.3 is 5.11 Å². The van der Waals surface area contributed by atoms with Crippen molar-refractivity contribution >= 4 is 10.8 Å². The molecule has 2 aromatic carbocycles. The van der Waals surface area contributed by atoms with Crippen molar-refractivity contribution < 1.29 is 5.11 Å². The Morgan fingerprint density at radius 1 is 1.09 bits per heavy atom. The summed E-state index contributed by atoms with van der Waals surface area (Å²) in [6, 6.07) is 14.5. The molecule has 122 valence electrons. The molecule has 0 saturated heterocycles. The third-order valence-corrected chi connectivity index (χ3v) is 5.09. The Hall–Kier alpha value is -1.86. The highest BCUT2D eigenvalue weighted by Gasteiger charge is 2.41. The van der Waals surface area contributed by atoms with Gasteiger partial charge in [0.1, 0.15) is 0 Å². The first-order valence-corrected chi connectivity index (χ1v) is 8.29. The van der Waals surface area contributed by atoms with Crippen LogP contribution in [-0.4, -0.2) is 5.11 Å². The fourth-order valence-electron chi connectivity index (χ4n) is 3.03. The van der Waals surface area contributed by atoms with E-state index >= 15 is 0 Å². The van der Waals surface area contributed by atoms with Gasteiger partial charge in [0.25, 0.3) is 0 Å². The number of aliphatic hydroxyl groups is 1. The summed E-state index contributed by atoms with van der Waals surface area (Å²) in [6.07, 6.45) is 5.93. The Kier molecular flexibility index (Phi) is 5.11. The number of fused-ring (bicyclic) bond motifs is 1. The molecule has 2 atom stereocenters. The summed E-state index contributed by atoms with van der Waals surface area (Å²) in [7, 11) is 0. The fourth-order valence-corrected chi connectivity index (χ4v) is 3.03. The zero-order valence-corrected chi connectivity index (χ0v) is 14.8. The summed E-state index contributed by atoms with van der Waals surface area (Å²) in [5, 5.41) is 13.7. The van der Waals surface area contributed by atoms with E-state index in [9.17, 15) is 5.11 Å². The largest absolute Gasteiger partial charge is 0.385 e. The average molecular weight is 308 g/mol. The van der Waals surface area contributed by atoms with Crippen LogP contribution in [0.5, 0.6) is 0 Å². The lowest BCUT2D eigenvalue weighted by Crippen LogP contribution is -2.40. The van der Waals surface area contributed by atoms with Gasteiger partial charge in [0.15, 0.2) is 0 Å². The van der Waals surface area contributed by atoms with Crippen LogP contribution in [0.4, 0.5) is 0 Å². The highest BCUT2D eigenvalue weighted by atomic mass is 16.3. The van der Waals surface area contributed by atoms with Gasteiger partial charge in [0, 0.05) is 5.41 Å². The van der Waals surface area contributed by atoms with Gasteiger partial charge in [0.2, 0.25) is 0 Å². The molecule has 0 aromatic heterocycles. The van der Waals surface area contributed by atoms with E-state index in [1.807, 2.05) is 31.2 Å². The van der Waals surface area contributed by atoms with Crippen LogP contribution in [0.1, 0.15) is 46.1 Å². The molecule has 0 fully saturated rings. The molecule has 0 bridgehead atoms. The number of benzene rings is 2. The van der Waals surface area contributed by atoms with Gasteiger partial charge >= 0.3 is 0 Å². The highest BCUT2D eigenvalue weighted by molar-refractivity contribution is 5.83. The topological polar surface area (TPSA) is 20.2 Å². The minimum Gasteiger partial charge on any atom is -0.385 e. The van der Waals surface area contributed by atoms with Crippen LogP contribution in [0.25, 0.3) is 10.8 Å². The monoisotopic (exact) mass is 308 g/mol. The number of hydrogen-bond donors (Lipinski definition) is 1. The first-order chi connectivity index (χ1) is 10.8. The summed E-state index contributed by atoms with van der Waals surface area (Å²) in [4.78, 5) is 0. The summed E-state index contributed by atoms with van der Waals surface area (Å²) in [5.41, 5.74) is 0.896. The van der Waals surface area contributed by atoms with Gasteiger partial charge in [0.05, 0.1) is 5.60 Å². The summed E-state index contributed by atoms with van der Waals surface area (Å²) < 4.78 is 0. The SMILES string of the molecule is C=C[C@](C)(CCC=C(C)C)[C@](C)(O)c1ccc2ccccc2c1. The van der Waals surface area contributed by atoms with Crippen molar-refractivity contribution in [3.05, 3.63) is 72.3 Å². The molecule has 1 N–H and O–H groups in total. The molecule has 0 saturated carbocycles. The zero-order valence-electron chi connectivity index (χ0n) is 14.8. The third kappa shape index (κ3) is 3.56. The van der Waals surface area contributed by atoms with Crippen molar-refractivity contribution in [2.75, 3.05) is 0 Å². The van der Waals surface area contributed by atoms with E-state index in [0.717, 1.165) is 23.8 Å². The van der Waals surface area contributed by atoms with Crippen molar-refractivity contribution in [3.8, 4) is 0 Å². The van der Waals surface area contributed by atoms with Crippen molar-refractivity contribution in [2.24, 2.45) is 5.41 Å². The van der Waals surface area contributed by atoms with Gasteiger partial charge in [-0.25, -0.2) is 0 Å². The lowest BCUT2D eigenvalue weighted by molar-refractivity contribution is -0.0439. The van der Waals surface area contributed by atoms with Crippen molar-refractivity contribution in [3.63, 3.8) is 0 Å². The minimum atomic E-state index is -0.964. The molecule has 0 amide bonds. The predicted octanol–water partition coefficient (Wildman–Crippen LogP) is 5.99. The van der Waals surface area contributed by atoms with E-state index in [4.69, 9.17) is 0 Å². The van der Waals surface area contributed by atoms with Crippen molar-refractivity contribution in [1.29, 1.82) is 0 Å². The molecule has 0 aliphatic heterocycles. The second-order valence-electron chi connectivity index (χ2n) is 7.08. The second kappa shape index (κ2) is 6.72. The quantitative estimate of drug-likeness (QED) is 0.650. The minimum absolute atomic E-state index is 0.387. The summed E-state index contributed by atoms with van der Waals surface area (Å²) in [6.45, 7) is 12.2. The van der Waals surface area contributed by atoms with Gasteiger partial charge in [-0.05, 0) is 56.0 Å². The number of hydrogen-bond acceptors (Lipinski definition) is 1. The Morgan fingerprint density at radius 2 is 1.74 bits per heavy atom. The predicted molar refractivity (Wildman–Crippen MR) is 100 cm³/mol. The standard InChI is InChI=1S/C22H28O/c1-6-21(4,15-9-10-17(2)3)22(5,23)20-14-13-18-11-7-8-12-19(18)16-20/h6-8,10-14,16,23H,1,9,15H2,2-5H3/t21-,22-/m1/s1. The second-order valence-corrected chi connectivity index (χ2v) is 7.08. The Balaban J connectivity index is 2.39. The Morgan fingerprint density at radius 3 is 2.35 bits per heavy atom. The van der Waals surface area contributed by atoms with Crippen molar-refractivity contribution in [1.82, 2.24) is 0 Å². The Labute approximate surface area is 140 Å². The first kappa shape index (κ1) is 17.5. The van der Waals surface area contributed by atoms with Crippen LogP contribution in [0.15, 0.2) is 66.8 Å². The molecular formula is C22H28O. The first-order valence-electron chi connectivity index (χ1n) is 8.29. The molecule has 0 radical (unpaired) electrons. The molecule has 0 aliphatic rings. The van der Waals surface area contributed by atoms with E-state index in [1.54, 1.807) is 0 Å². The lowest BCUT2D eigenvalue weighted by Gasteiger charge is -2.41. The normalized spacial score (nSPS) is 16.4. The van der Waals surface area contributed by atoms with Crippen LogP contribution in [0.2, 0.25) is 0 Å². The number of allylic oxidation sites excluding steroid dienone is 2. The molecular weight excluding hydrogens is 280 g/mol. The van der Waals surface area contributed by atoms with Crippen molar-refractivity contribution in [2.45, 2.75) is 46.1 Å². The molecule has 1 nitrogen and oxygen atoms in total. The van der Waals surface area contributed by atoms with E-state index in [2.05, 4.69) is 57.7 Å². The highest BCUT2D eigenvalue weighted by Crippen LogP contribution is 2.44. The fraction of sp³-hybridized carbons (Fsp3) is 0.364. The maximum atomic E-state index is 11.3. The molecule has 0 spiro atoms. The third-order valence-electron chi connectivity index (χ3n) is 5.09.